The van der Waals surface area contributed by atoms with Crippen molar-refractivity contribution in [2.75, 3.05) is 18.5 Å². The average molecular weight is 430 g/mol. The Labute approximate surface area is 185 Å². The molecule has 3 rings (SSSR count). The Morgan fingerprint density at radius 1 is 1.09 bits per heavy atom. The van der Waals surface area contributed by atoms with E-state index in [-0.39, 0.29) is 17.9 Å². The molecule has 0 spiro atoms. The number of hydrogen-bond acceptors (Lipinski definition) is 6. The molecule has 0 bridgehead atoms. The summed E-state index contributed by atoms with van der Waals surface area (Å²) in [6.07, 6.45) is 2.89. The van der Waals surface area contributed by atoms with E-state index >= 15 is 0 Å². The van der Waals surface area contributed by atoms with Gasteiger partial charge in [0.1, 0.15) is 17.4 Å². The van der Waals surface area contributed by atoms with Crippen LogP contribution in [0.3, 0.4) is 0 Å². The molecule has 8 nitrogen and oxygen atoms in total. The highest BCUT2D eigenvalue weighted by molar-refractivity contribution is 6.10. The van der Waals surface area contributed by atoms with Gasteiger partial charge >= 0.3 is 5.97 Å². The lowest BCUT2D eigenvalue weighted by molar-refractivity contribution is -0.112. The molecule has 0 saturated carbocycles. The minimum Gasteiger partial charge on any atom is -0.494 e. The van der Waals surface area contributed by atoms with Crippen LogP contribution < -0.4 is 10.1 Å². The van der Waals surface area contributed by atoms with E-state index in [1.807, 2.05) is 43.3 Å². The molecular weight excluding hydrogens is 408 g/mol. The molecule has 0 aliphatic rings. The molecule has 1 heterocycles. The van der Waals surface area contributed by atoms with Crippen molar-refractivity contribution < 1.29 is 19.1 Å². The van der Waals surface area contributed by atoms with Gasteiger partial charge in [0.15, 0.2) is 5.69 Å². The van der Waals surface area contributed by atoms with E-state index in [2.05, 4.69) is 10.4 Å². The number of benzene rings is 2. The standard InChI is InChI=1S/C24H22N4O4/c1-3-31-21-12-10-19(11-13-21)26-23(29)17(15-25)14-18-16-28(20-8-6-5-7-9-20)27-22(18)24(30)32-4-2/h5-14,16H,3-4H2,1-2H3,(H,26,29)/b17-14-. The molecule has 162 valence electrons. The number of carbonyl (C=O) groups excluding carboxylic acids is 2. The van der Waals surface area contributed by atoms with E-state index in [0.717, 1.165) is 5.69 Å². The van der Waals surface area contributed by atoms with Crippen molar-refractivity contribution >= 4 is 23.6 Å². The zero-order chi connectivity index (χ0) is 22.9. The first-order valence-electron chi connectivity index (χ1n) is 10.0. The molecule has 0 unspecified atom stereocenters. The van der Waals surface area contributed by atoms with Crippen LogP contribution in [0, 0.1) is 11.3 Å². The summed E-state index contributed by atoms with van der Waals surface area (Å²) in [5, 5.41) is 16.5. The maximum atomic E-state index is 12.7. The summed E-state index contributed by atoms with van der Waals surface area (Å²) < 4.78 is 12.0. The van der Waals surface area contributed by atoms with Gasteiger partial charge in [0, 0.05) is 17.4 Å². The highest BCUT2D eigenvalue weighted by Crippen LogP contribution is 2.19. The van der Waals surface area contributed by atoms with Crippen LogP contribution in [0.25, 0.3) is 11.8 Å². The second-order valence-corrected chi connectivity index (χ2v) is 6.51. The van der Waals surface area contributed by atoms with Crippen molar-refractivity contribution in [1.82, 2.24) is 9.78 Å². The number of nitriles is 1. The Kier molecular flexibility index (Phi) is 7.38. The van der Waals surface area contributed by atoms with Crippen molar-refractivity contribution in [2.45, 2.75) is 13.8 Å². The lowest BCUT2D eigenvalue weighted by atomic mass is 10.1. The normalized spacial score (nSPS) is 10.8. The van der Waals surface area contributed by atoms with E-state index < -0.39 is 11.9 Å². The summed E-state index contributed by atoms with van der Waals surface area (Å²) in [6, 6.07) is 17.8. The lowest BCUT2D eigenvalue weighted by Crippen LogP contribution is -2.14. The fourth-order valence-electron chi connectivity index (χ4n) is 2.87. The van der Waals surface area contributed by atoms with Crippen molar-refractivity contribution in [3.05, 3.63) is 77.6 Å². The third-order valence-corrected chi connectivity index (χ3v) is 4.32. The largest absolute Gasteiger partial charge is 0.494 e. The van der Waals surface area contributed by atoms with E-state index in [0.29, 0.717) is 23.6 Å². The molecule has 1 N–H and O–H groups in total. The molecular formula is C24H22N4O4. The highest BCUT2D eigenvalue weighted by atomic mass is 16.5. The average Bonchev–Trinajstić information content (AvgIpc) is 3.24. The summed E-state index contributed by atoms with van der Waals surface area (Å²) in [7, 11) is 0. The molecule has 1 aromatic heterocycles. The first-order chi connectivity index (χ1) is 15.5. The topological polar surface area (TPSA) is 106 Å². The van der Waals surface area contributed by atoms with E-state index in [1.54, 1.807) is 37.4 Å². The number of esters is 1. The number of amides is 1. The van der Waals surface area contributed by atoms with Crippen LogP contribution in [0.5, 0.6) is 5.75 Å². The van der Waals surface area contributed by atoms with Crippen molar-refractivity contribution in [3.8, 4) is 17.5 Å². The fourth-order valence-corrected chi connectivity index (χ4v) is 2.87. The second kappa shape index (κ2) is 10.6. The molecule has 8 heteroatoms. The van der Waals surface area contributed by atoms with E-state index in [9.17, 15) is 14.9 Å². The second-order valence-electron chi connectivity index (χ2n) is 6.51. The summed E-state index contributed by atoms with van der Waals surface area (Å²) in [6.45, 7) is 4.27. The van der Waals surface area contributed by atoms with Gasteiger partial charge in [0.25, 0.3) is 5.91 Å². The number of anilines is 1. The zero-order valence-corrected chi connectivity index (χ0v) is 17.7. The number of ether oxygens (including phenoxy) is 2. The molecule has 32 heavy (non-hydrogen) atoms. The van der Waals surface area contributed by atoms with Crippen LogP contribution in [0.1, 0.15) is 29.9 Å². The van der Waals surface area contributed by atoms with Crippen molar-refractivity contribution in [2.24, 2.45) is 0 Å². The Morgan fingerprint density at radius 2 is 1.81 bits per heavy atom. The van der Waals surface area contributed by atoms with Gasteiger partial charge in [0.05, 0.1) is 18.9 Å². The van der Waals surface area contributed by atoms with Crippen molar-refractivity contribution in [3.63, 3.8) is 0 Å². The first-order valence-corrected chi connectivity index (χ1v) is 10.0. The van der Waals surface area contributed by atoms with Gasteiger partial charge in [-0.05, 0) is 56.3 Å². The Hall–Kier alpha value is -4.38. The number of nitrogens with zero attached hydrogens (tertiary/aromatic N) is 3. The minimum atomic E-state index is -0.641. The lowest BCUT2D eigenvalue weighted by Gasteiger charge is -2.06. The third-order valence-electron chi connectivity index (χ3n) is 4.32. The number of carbonyl (C=O) groups is 2. The molecule has 0 atom stereocenters. The van der Waals surface area contributed by atoms with Gasteiger partial charge in [-0.25, -0.2) is 9.48 Å². The number of hydrogen-bond donors (Lipinski definition) is 1. The smallest absolute Gasteiger partial charge is 0.359 e. The van der Waals surface area contributed by atoms with Gasteiger partial charge in [-0.15, -0.1) is 0 Å². The fraction of sp³-hybridized carbons (Fsp3) is 0.167. The summed E-state index contributed by atoms with van der Waals surface area (Å²) in [5.74, 6) is -0.578. The molecule has 0 saturated heterocycles. The number of para-hydroxylation sites is 1. The maximum Gasteiger partial charge on any atom is 0.359 e. The third kappa shape index (κ3) is 5.40. The number of nitrogens with one attached hydrogen (secondary N) is 1. The Balaban J connectivity index is 1.90. The molecule has 0 fully saturated rings. The summed E-state index contributed by atoms with van der Waals surface area (Å²) in [4.78, 5) is 25.1. The van der Waals surface area contributed by atoms with Crippen LogP contribution in [-0.4, -0.2) is 34.9 Å². The quantitative estimate of drug-likeness (QED) is 0.329. The Bertz CT molecular complexity index is 1160. The predicted molar refractivity (Wildman–Crippen MR) is 119 cm³/mol. The molecule has 0 aliphatic carbocycles. The minimum absolute atomic E-state index is 0.0114. The predicted octanol–water partition coefficient (Wildman–Crippen LogP) is 3.99. The van der Waals surface area contributed by atoms with Gasteiger partial charge in [-0.3, -0.25) is 4.79 Å². The summed E-state index contributed by atoms with van der Waals surface area (Å²) in [5.41, 5.74) is 1.35. The van der Waals surface area contributed by atoms with Crippen LogP contribution in [0.2, 0.25) is 0 Å². The van der Waals surface area contributed by atoms with E-state index in [4.69, 9.17) is 9.47 Å². The number of rotatable bonds is 8. The van der Waals surface area contributed by atoms with Crippen LogP contribution in [0.15, 0.2) is 66.4 Å². The number of aromatic nitrogens is 2. The van der Waals surface area contributed by atoms with Crippen LogP contribution in [0.4, 0.5) is 5.69 Å². The molecule has 1 amide bonds. The molecule has 2 aromatic carbocycles. The van der Waals surface area contributed by atoms with Gasteiger partial charge < -0.3 is 14.8 Å². The first kappa shape index (κ1) is 22.3. The van der Waals surface area contributed by atoms with Gasteiger partial charge in [-0.2, -0.15) is 10.4 Å². The molecule has 3 aromatic rings. The molecule has 0 aliphatic heterocycles. The summed E-state index contributed by atoms with van der Waals surface area (Å²) >= 11 is 0. The Morgan fingerprint density at radius 3 is 2.44 bits per heavy atom. The zero-order valence-electron chi connectivity index (χ0n) is 17.7. The monoisotopic (exact) mass is 430 g/mol. The van der Waals surface area contributed by atoms with Gasteiger partial charge in [-0.1, -0.05) is 18.2 Å². The van der Waals surface area contributed by atoms with E-state index in [1.165, 1.54) is 10.8 Å². The van der Waals surface area contributed by atoms with Crippen LogP contribution >= 0.6 is 0 Å². The van der Waals surface area contributed by atoms with Crippen molar-refractivity contribution in [1.29, 1.82) is 5.26 Å². The van der Waals surface area contributed by atoms with Crippen LogP contribution in [-0.2, 0) is 9.53 Å². The molecule has 0 radical (unpaired) electrons. The SMILES string of the molecule is CCOC(=O)c1nn(-c2ccccc2)cc1/C=C(/C#N)C(=O)Nc1ccc(OCC)cc1. The van der Waals surface area contributed by atoms with Gasteiger partial charge in [0.2, 0.25) is 0 Å². The maximum absolute atomic E-state index is 12.7. The highest BCUT2D eigenvalue weighted by Gasteiger charge is 2.20.